The summed E-state index contributed by atoms with van der Waals surface area (Å²) in [7, 11) is 0. The normalized spacial score (nSPS) is 10.1. The van der Waals surface area contributed by atoms with Crippen LogP contribution in [-0.2, 0) is 0 Å². The molecule has 0 radical (unpaired) electrons. The van der Waals surface area contributed by atoms with E-state index >= 15 is 0 Å². The van der Waals surface area contributed by atoms with Gasteiger partial charge in [-0.1, -0.05) is 24.7 Å². The van der Waals surface area contributed by atoms with Gasteiger partial charge in [0.05, 0.1) is 0 Å². The number of thiazole rings is 1. The van der Waals surface area contributed by atoms with Crippen molar-refractivity contribution < 1.29 is 4.79 Å². The molecule has 6 heteroatoms. The third-order valence-corrected chi connectivity index (χ3v) is 3.03. The number of nitrogens with two attached hydrogens (primary N) is 1. The zero-order valence-electron chi connectivity index (χ0n) is 9.67. The Labute approximate surface area is 99.4 Å². The number of nitrogens with zero attached hydrogens (tertiary/aromatic N) is 1. The first kappa shape index (κ1) is 12.8. The number of hydrogen-bond acceptors (Lipinski definition) is 5. The highest BCUT2D eigenvalue weighted by Gasteiger charge is 2.15. The highest BCUT2D eigenvalue weighted by Crippen LogP contribution is 2.24. The van der Waals surface area contributed by atoms with Gasteiger partial charge in [-0.15, -0.1) is 0 Å². The van der Waals surface area contributed by atoms with Crippen molar-refractivity contribution in [3.05, 3.63) is 4.88 Å². The van der Waals surface area contributed by atoms with E-state index in [1.165, 1.54) is 11.3 Å². The Morgan fingerprint density at radius 3 is 2.88 bits per heavy atom. The zero-order chi connectivity index (χ0) is 12.0. The number of rotatable bonds is 6. The molecule has 0 aliphatic heterocycles. The fraction of sp³-hybridized carbons (Fsp3) is 0.600. The smallest absolute Gasteiger partial charge is 0.265 e. The maximum absolute atomic E-state index is 11.7. The molecule has 0 bridgehead atoms. The lowest BCUT2D eigenvalue weighted by atomic mass is 10.3. The molecule has 0 spiro atoms. The van der Waals surface area contributed by atoms with E-state index in [2.05, 4.69) is 22.5 Å². The van der Waals surface area contributed by atoms with Crippen LogP contribution in [0.15, 0.2) is 0 Å². The number of nitrogen functional groups attached to an aromatic ring is 1. The van der Waals surface area contributed by atoms with Crippen LogP contribution in [-0.4, -0.2) is 24.0 Å². The molecule has 90 valence electrons. The van der Waals surface area contributed by atoms with Gasteiger partial charge < -0.3 is 16.4 Å². The molecule has 0 fully saturated rings. The van der Waals surface area contributed by atoms with Crippen molar-refractivity contribution in [3.8, 4) is 0 Å². The van der Waals surface area contributed by atoms with E-state index in [-0.39, 0.29) is 5.91 Å². The lowest BCUT2D eigenvalue weighted by molar-refractivity contribution is 0.0958. The zero-order valence-corrected chi connectivity index (χ0v) is 10.5. The summed E-state index contributed by atoms with van der Waals surface area (Å²) in [6, 6.07) is 0. The molecule has 4 N–H and O–H groups in total. The molecule has 1 aromatic heterocycles. The molecule has 16 heavy (non-hydrogen) atoms. The molecule has 0 aliphatic carbocycles. The third kappa shape index (κ3) is 3.37. The van der Waals surface area contributed by atoms with Gasteiger partial charge in [0.1, 0.15) is 10.7 Å². The molecule has 5 nitrogen and oxygen atoms in total. The molecule has 1 amide bonds. The Kier molecular flexibility index (Phi) is 5.04. The third-order valence-electron chi connectivity index (χ3n) is 2.00. The topological polar surface area (TPSA) is 80.0 Å². The quantitative estimate of drug-likeness (QED) is 0.663. The summed E-state index contributed by atoms with van der Waals surface area (Å²) < 4.78 is 0. The number of anilines is 2. The van der Waals surface area contributed by atoms with E-state index in [9.17, 15) is 4.79 Å². The molecule has 0 aliphatic rings. The summed E-state index contributed by atoms with van der Waals surface area (Å²) in [5, 5.41) is 6.55. The maximum Gasteiger partial charge on any atom is 0.265 e. The number of hydrogen-bond donors (Lipinski definition) is 3. The predicted octanol–water partition coefficient (Wildman–Crippen LogP) is 1.69. The van der Waals surface area contributed by atoms with Gasteiger partial charge >= 0.3 is 0 Å². The second-order valence-corrected chi connectivity index (χ2v) is 4.37. The van der Waals surface area contributed by atoms with Crippen molar-refractivity contribution in [3.63, 3.8) is 0 Å². The summed E-state index contributed by atoms with van der Waals surface area (Å²) in [4.78, 5) is 16.3. The molecule has 1 rings (SSSR count). The lowest BCUT2D eigenvalue weighted by Gasteiger charge is -2.01. The van der Waals surface area contributed by atoms with Crippen molar-refractivity contribution in [2.24, 2.45) is 0 Å². The molecule has 0 saturated heterocycles. The molecule has 0 unspecified atom stereocenters. The van der Waals surface area contributed by atoms with Gasteiger partial charge in [-0.3, -0.25) is 4.79 Å². The second kappa shape index (κ2) is 6.32. The Hall–Kier alpha value is -1.30. The van der Waals surface area contributed by atoms with E-state index in [0.717, 1.165) is 19.4 Å². The van der Waals surface area contributed by atoms with Gasteiger partial charge in [0.15, 0.2) is 5.13 Å². The number of carbonyl (C=O) groups is 1. The SMILES string of the molecule is CCCCNC(=O)c1sc(NCC)nc1N. The van der Waals surface area contributed by atoms with E-state index < -0.39 is 0 Å². The molecule has 1 heterocycles. The summed E-state index contributed by atoms with van der Waals surface area (Å²) in [5.74, 6) is 0.169. The van der Waals surface area contributed by atoms with Crippen LogP contribution in [0.1, 0.15) is 36.4 Å². The standard InChI is InChI=1S/C10H18N4OS/c1-3-5-6-13-9(15)7-8(11)14-10(16-7)12-4-2/h3-6,11H2,1-2H3,(H,12,14)(H,13,15). The first-order valence-corrected chi connectivity index (χ1v) is 6.29. The summed E-state index contributed by atoms with van der Waals surface area (Å²) in [6.07, 6.45) is 2.03. The Bertz CT molecular complexity index is 351. The monoisotopic (exact) mass is 242 g/mol. The van der Waals surface area contributed by atoms with Crippen molar-refractivity contribution in [1.82, 2.24) is 10.3 Å². The number of unbranched alkanes of at least 4 members (excludes halogenated alkanes) is 1. The number of nitrogens with one attached hydrogen (secondary N) is 2. The molecular formula is C10H18N4OS. The first-order chi connectivity index (χ1) is 7.69. The number of carbonyl (C=O) groups excluding carboxylic acids is 1. The van der Waals surface area contributed by atoms with Crippen LogP contribution in [0.2, 0.25) is 0 Å². The summed E-state index contributed by atoms with van der Waals surface area (Å²) in [5.41, 5.74) is 5.68. The summed E-state index contributed by atoms with van der Waals surface area (Å²) in [6.45, 7) is 5.50. The fourth-order valence-corrected chi connectivity index (χ4v) is 2.05. The van der Waals surface area contributed by atoms with E-state index in [1.807, 2.05) is 6.92 Å². The highest BCUT2D eigenvalue weighted by molar-refractivity contribution is 7.18. The van der Waals surface area contributed by atoms with Crippen LogP contribution >= 0.6 is 11.3 Å². The van der Waals surface area contributed by atoms with Gasteiger partial charge in [-0.05, 0) is 13.3 Å². The van der Waals surface area contributed by atoms with Crippen LogP contribution in [0.25, 0.3) is 0 Å². The lowest BCUT2D eigenvalue weighted by Crippen LogP contribution is -2.24. The van der Waals surface area contributed by atoms with Gasteiger partial charge in [0.25, 0.3) is 5.91 Å². The Morgan fingerprint density at radius 2 is 2.25 bits per heavy atom. The molecule has 1 aromatic rings. The summed E-state index contributed by atoms with van der Waals surface area (Å²) >= 11 is 1.29. The van der Waals surface area contributed by atoms with Crippen molar-refractivity contribution >= 4 is 28.2 Å². The maximum atomic E-state index is 11.7. The van der Waals surface area contributed by atoms with Crippen molar-refractivity contribution in [2.45, 2.75) is 26.7 Å². The Balaban J connectivity index is 2.60. The predicted molar refractivity (Wildman–Crippen MR) is 67.9 cm³/mol. The fourth-order valence-electron chi connectivity index (χ4n) is 1.18. The minimum atomic E-state index is -0.132. The second-order valence-electron chi connectivity index (χ2n) is 3.37. The molecule has 0 atom stereocenters. The van der Waals surface area contributed by atoms with E-state index in [0.29, 0.717) is 22.4 Å². The first-order valence-electron chi connectivity index (χ1n) is 5.47. The van der Waals surface area contributed by atoms with Crippen molar-refractivity contribution in [1.29, 1.82) is 0 Å². The van der Waals surface area contributed by atoms with Crippen LogP contribution < -0.4 is 16.4 Å². The van der Waals surface area contributed by atoms with Gasteiger partial charge in [0, 0.05) is 13.1 Å². The van der Waals surface area contributed by atoms with Gasteiger partial charge in [-0.25, -0.2) is 4.98 Å². The van der Waals surface area contributed by atoms with Gasteiger partial charge in [0.2, 0.25) is 0 Å². The van der Waals surface area contributed by atoms with E-state index in [1.54, 1.807) is 0 Å². The average Bonchev–Trinajstić information content (AvgIpc) is 2.60. The molecule has 0 saturated carbocycles. The largest absolute Gasteiger partial charge is 0.382 e. The minimum absolute atomic E-state index is 0.132. The number of amides is 1. The molecule has 0 aromatic carbocycles. The Morgan fingerprint density at radius 1 is 1.50 bits per heavy atom. The van der Waals surface area contributed by atoms with Gasteiger partial charge in [-0.2, -0.15) is 0 Å². The van der Waals surface area contributed by atoms with Crippen LogP contribution in [0.4, 0.5) is 10.9 Å². The number of aromatic nitrogens is 1. The van der Waals surface area contributed by atoms with Crippen LogP contribution in [0, 0.1) is 0 Å². The molecular weight excluding hydrogens is 224 g/mol. The van der Waals surface area contributed by atoms with E-state index in [4.69, 9.17) is 5.73 Å². The average molecular weight is 242 g/mol. The van der Waals surface area contributed by atoms with Crippen molar-refractivity contribution in [2.75, 3.05) is 24.1 Å². The van der Waals surface area contributed by atoms with Crippen LogP contribution in [0.5, 0.6) is 0 Å². The minimum Gasteiger partial charge on any atom is -0.382 e. The van der Waals surface area contributed by atoms with Crippen LogP contribution in [0.3, 0.4) is 0 Å². The highest BCUT2D eigenvalue weighted by atomic mass is 32.1.